The molecule has 8 nitrogen and oxygen atoms in total. The SMILES string of the molecule is Cc1nc(N[C@@H](C)c2ccc(Oc3ccccc3)cc2)nc(N2C(=O)OC[C@@H]2CF)n1.[HH]. The van der Waals surface area contributed by atoms with Crippen LogP contribution in [0.1, 0.15) is 25.8 Å². The van der Waals surface area contributed by atoms with E-state index in [1.807, 2.05) is 61.5 Å². The van der Waals surface area contributed by atoms with E-state index in [0.29, 0.717) is 5.82 Å². The first-order valence-electron chi connectivity index (χ1n) is 9.87. The Balaban J connectivity index is 0.00000289. The number of aryl methyl sites for hydroxylation is 1. The molecule has 0 aliphatic carbocycles. The van der Waals surface area contributed by atoms with Crippen molar-refractivity contribution in [2.45, 2.75) is 25.9 Å². The van der Waals surface area contributed by atoms with Gasteiger partial charge in [0.15, 0.2) is 0 Å². The molecule has 162 valence electrons. The van der Waals surface area contributed by atoms with Crippen LogP contribution in [-0.4, -0.2) is 40.4 Å². The Labute approximate surface area is 180 Å². The molecule has 2 aromatic carbocycles. The van der Waals surface area contributed by atoms with Gasteiger partial charge in [0.2, 0.25) is 11.9 Å². The smallest absolute Gasteiger partial charge is 0.417 e. The van der Waals surface area contributed by atoms with Gasteiger partial charge >= 0.3 is 6.09 Å². The quantitative estimate of drug-likeness (QED) is 0.587. The molecule has 1 aliphatic rings. The van der Waals surface area contributed by atoms with Crippen molar-refractivity contribution in [3.63, 3.8) is 0 Å². The molecule has 1 saturated heterocycles. The summed E-state index contributed by atoms with van der Waals surface area (Å²) in [5.74, 6) is 2.26. The zero-order valence-corrected chi connectivity index (χ0v) is 17.2. The lowest BCUT2D eigenvalue weighted by Gasteiger charge is -2.19. The summed E-state index contributed by atoms with van der Waals surface area (Å²) in [6.07, 6.45) is -0.666. The summed E-state index contributed by atoms with van der Waals surface area (Å²) in [7, 11) is 0. The van der Waals surface area contributed by atoms with E-state index in [-0.39, 0.29) is 26.0 Å². The third-order valence-electron chi connectivity index (χ3n) is 4.79. The van der Waals surface area contributed by atoms with E-state index in [9.17, 15) is 9.18 Å². The average molecular weight is 425 g/mol. The highest BCUT2D eigenvalue weighted by Gasteiger charge is 2.36. The number of amides is 1. The minimum Gasteiger partial charge on any atom is -0.457 e. The second-order valence-electron chi connectivity index (χ2n) is 7.11. The number of carbonyl (C=O) groups is 1. The molecule has 2 heterocycles. The molecule has 0 unspecified atom stereocenters. The monoisotopic (exact) mass is 425 g/mol. The van der Waals surface area contributed by atoms with Crippen molar-refractivity contribution in [2.24, 2.45) is 0 Å². The van der Waals surface area contributed by atoms with Gasteiger partial charge in [-0.25, -0.2) is 14.1 Å². The molecule has 0 bridgehead atoms. The Morgan fingerprint density at radius 1 is 1.16 bits per heavy atom. The van der Waals surface area contributed by atoms with Crippen molar-refractivity contribution in [3.8, 4) is 11.5 Å². The lowest BCUT2D eigenvalue weighted by atomic mass is 10.1. The van der Waals surface area contributed by atoms with Gasteiger partial charge in [-0.15, -0.1) is 0 Å². The van der Waals surface area contributed by atoms with E-state index in [0.717, 1.165) is 22.0 Å². The maximum Gasteiger partial charge on any atom is 0.417 e. The molecule has 1 amide bonds. The van der Waals surface area contributed by atoms with Crippen LogP contribution in [0.4, 0.5) is 21.1 Å². The number of alkyl halides is 1. The third-order valence-corrected chi connectivity index (χ3v) is 4.79. The number of rotatable bonds is 7. The number of ether oxygens (including phenoxy) is 2. The van der Waals surface area contributed by atoms with Crippen LogP contribution in [-0.2, 0) is 4.74 Å². The number of hydrogen-bond acceptors (Lipinski definition) is 7. The fourth-order valence-electron chi connectivity index (χ4n) is 3.19. The summed E-state index contributed by atoms with van der Waals surface area (Å²) >= 11 is 0. The number of halogens is 1. The number of benzene rings is 2. The number of aromatic nitrogens is 3. The molecule has 3 aromatic rings. The van der Waals surface area contributed by atoms with Crippen LogP contribution in [0, 0.1) is 6.92 Å². The van der Waals surface area contributed by atoms with Crippen LogP contribution in [0.5, 0.6) is 11.5 Å². The zero-order chi connectivity index (χ0) is 21.8. The molecule has 31 heavy (non-hydrogen) atoms. The highest BCUT2D eigenvalue weighted by molar-refractivity contribution is 5.88. The Bertz CT molecular complexity index is 1060. The van der Waals surface area contributed by atoms with Crippen LogP contribution in [0.2, 0.25) is 0 Å². The maximum absolute atomic E-state index is 13.2. The van der Waals surface area contributed by atoms with Crippen molar-refractivity contribution >= 4 is 18.0 Å². The summed E-state index contributed by atoms with van der Waals surface area (Å²) in [5, 5.41) is 3.20. The van der Waals surface area contributed by atoms with Crippen LogP contribution in [0.15, 0.2) is 54.6 Å². The molecular formula is C22H24FN5O3. The second kappa shape index (κ2) is 8.95. The largest absolute Gasteiger partial charge is 0.457 e. The summed E-state index contributed by atoms with van der Waals surface area (Å²) in [5.41, 5.74) is 0.988. The van der Waals surface area contributed by atoms with Crippen LogP contribution < -0.4 is 15.0 Å². The minimum atomic E-state index is -0.743. The molecule has 0 radical (unpaired) electrons. The van der Waals surface area contributed by atoms with Gasteiger partial charge in [0.25, 0.3) is 0 Å². The number of hydrogen-bond donors (Lipinski definition) is 1. The van der Waals surface area contributed by atoms with Crippen LogP contribution in [0.25, 0.3) is 0 Å². The average Bonchev–Trinajstić information content (AvgIpc) is 3.15. The van der Waals surface area contributed by atoms with Gasteiger partial charge in [-0.3, -0.25) is 0 Å². The van der Waals surface area contributed by atoms with Gasteiger partial charge < -0.3 is 14.8 Å². The molecule has 0 spiro atoms. The van der Waals surface area contributed by atoms with E-state index >= 15 is 0 Å². The van der Waals surface area contributed by atoms with E-state index in [4.69, 9.17) is 9.47 Å². The summed E-state index contributed by atoms with van der Waals surface area (Å²) in [6.45, 7) is 2.87. The highest BCUT2D eigenvalue weighted by Crippen LogP contribution is 2.25. The Morgan fingerprint density at radius 3 is 2.58 bits per heavy atom. The maximum atomic E-state index is 13.2. The predicted molar refractivity (Wildman–Crippen MR) is 115 cm³/mol. The molecule has 1 fully saturated rings. The predicted octanol–water partition coefficient (Wildman–Crippen LogP) is 4.69. The number of nitrogens with one attached hydrogen (secondary N) is 1. The fraction of sp³-hybridized carbons (Fsp3) is 0.273. The first-order chi connectivity index (χ1) is 15.0. The van der Waals surface area contributed by atoms with E-state index in [1.165, 1.54) is 0 Å². The molecule has 2 atom stereocenters. The molecule has 0 saturated carbocycles. The van der Waals surface area contributed by atoms with Crippen LogP contribution >= 0.6 is 0 Å². The first-order valence-corrected chi connectivity index (χ1v) is 9.87. The minimum absolute atomic E-state index is 0. The first kappa shape index (κ1) is 20.5. The highest BCUT2D eigenvalue weighted by atomic mass is 19.1. The summed E-state index contributed by atoms with van der Waals surface area (Å²) in [4.78, 5) is 25.9. The standard InChI is InChI=1S/C22H22FN5O3.H2/c1-14(16-8-10-19(11-9-16)31-18-6-4-3-5-7-18)24-20-25-15(2)26-21(27-20)28-17(12-23)13-30-22(28)29;/h3-11,14,17H,12-13H2,1-2H3,(H,24,25,26,27);1H/t14-,17-;/m0./s1. The van der Waals surface area contributed by atoms with Crippen LogP contribution in [0.3, 0.4) is 0 Å². The molecule has 1 aromatic heterocycles. The molecule has 1 N–H and O–H groups in total. The third kappa shape index (κ3) is 4.71. The Hall–Kier alpha value is -3.75. The Kier molecular flexibility index (Phi) is 5.92. The topological polar surface area (TPSA) is 89.5 Å². The van der Waals surface area contributed by atoms with Crippen molar-refractivity contribution in [1.29, 1.82) is 0 Å². The van der Waals surface area contributed by atoms with Gasteiger partial charge in [-0.2, -0.15) is 15.0 Å². The van der Waals surface area contributed by atoms with Crippen molar-refractivity contribution in [1.82, 2.24) is 15.0 Å². The number of cyclic esters (lactones) is 1. The van der Waals surface area contributed by atoms with Crippen molar-refractivity contribution in [3.05, 3.63) is 66.0 Å². The zero-order valence-electron chi connectivity index (χ0n) is 17.2. The van der Waals surface area contributed by atoms with E-state index in [1.54, 1.807) is 6.92 Å². The normalized spacial score (nSPS) is 16.7. The van der Waals surface area contributed by atoms with E-state index < -0.39 is 18.8 Å². The summed E-state index contributed by atoms with van der Waals surface area (Å²) in [6, 6.07) is 16.3. The summed E-state index contributed by atoms with van der Waals surface area (Å²) < 4.78 is 24.0. The second-order valence-corrected chi connectivity index (χ2v) is 7.11. The van der Waals surface area contributed by atoms with Crippen molar-refractivity contribution in [2.75, 3.05) is 23.5 Å². The van der Waals surface area contributed by atoms with Gasteiger partial charge in [0.1, 0.15) is 36.6 Å². The molecule has 1 aliphatic heterocycles. The van der Waals surface area contributed by atoms with Crippen molar-refractivity contribution < 1.29 is 20.1 Å². The number of para-hydroxylation sites is 1. The number of anilines is 2. The van der Waals surface area contributed by atoms with Gasteiger partial charge in [-0.05, 0) is 43.7 Å². The molecule has 4 rings (SSSR count). The lowest BCUT2D eigenvalue weighted by molar-refractivity contribution is 0.177. The van der Waals surface area contributed by atoms with E-state index in [2.05, 4.69) is 20.3 Å². The van der Waals surface area contributed by atoms with Gasteiger partial charge in [0.05, 0.1) is 6.04 Å². The van der Waals surface area contributed by atoms with Gasteiger partial charge in [-0.1, -0.05) is 30.3 Å². The number of nitrogens with zero attached hydrogens (tertiary/aromatic N) is 4. The van der Waals surface area contributed by atoms with Gasteiger partial charge in [0, 0.05) is 1.43 Å². The number of carbonyl (C=O) groups excluding carboxylic acids is 1. The fourth-order valence-corrected chi connectivity index (χ4v) is 3.19. The Morgan fingerprint density at radius 2 is 1.87 bits per heavy atom. The molecular weight excluding hydrogens is 401 g/mol. The lowest BCUT2D eigenvalue weighted by Crippen LogP contribution is -2.36. The molecule has 9 heteroatoms.